The van der Waals surface area contributed by atoms with Gasteiger partial charge < -0.3 is 0 Å². The molecule has 0 radical (unpaired) electrons. The first-order chi connectivity index (χ1) is 18.4. The van der Waals surface area contributed by atoms with Gasteiger partial charge in [-0.25, -0.2) is 4.98 Å². The molecule has 2 bridgehead atoms. The van der Waals surface area contributed by atoms with E-state index in [2.05, 4.69) is 103 Å². The molecule has 2 unspecified atom stereocenters. The van der Waals surface area contributed by atoms with Crippen molar-refractivity contribution in [1.29, 1.82) is 0 Å². The molecule has 176 valence electrons. The molecule has 0 saturated heterocycles. The van der Waals surface area contributed by atoms with Gasteiger partial charge in [-0.05, 0) is 67.1 Å². The average molecular weight is 474 g/mol. The number of aromatic nitrogens is 1. The Morgan fingerprint density at radius 1 is 0.568 bits per heavy atom. The Morgan fingerprint density at radius 3 is 1.97 bits per heavy atom. The summed E-state index contributed by atoms with van der Waals surface area (Å²) in [4.78, 5) is 5.43. The molecule has 2 aliphatic carbocycles. The molecule has 2 aliphatic rings. The minimum atomic E-state index is 0.428. The van der Waals surface area contributed by atoms with E-state index in [1.165, 1.54) is 71.2 Å². The molecular weight excluding hydrogens is 446 g/mol. The maximum absolute atomic E-state index is 5.43. The highest BCUT2D eigenvalue weighted by Crippen LogP contribution is 2.60. The summed E-state index contributed by atoms with van der Waals surface area (Å²) in [5.41, 5.74) is 9.52. The van der Waals surface area contributed by atoms with E-state index in [9.17, 15) is 0 Å². The number of rotatable bonds is 1. The lowest BCUT2D eigenvalue weighted by atomic mass is 9.80. The Bertz CT molecular complexity index is 1970. The van der Waals surface area contributed by atoms with Gasteiger partial charge in [0.15, 0.2) is 0 Å². The van der Waals surface area contributed by atoms with Crippen LogP contribution in [0.15, 0.2) is 103 Å². The van der Waals surface area contributed by atoms with Crippen LogP contribution in [-0.2, 0) is 0 Å². The highest BCUT2D eigenvalue weighted by Gasteiger charge is 2.44. The van der Waals surface area contributed by atoms with Crippen LogP contribution in [0.2, 0.25) is 0 Å². The van der Waals surface area contributed by atoms with Crippen molar-refractivity contribution in [3.05, 3.63) is 125 Å². The lowest BCUT2D eigenvalue weighted by Gasteiger charge is -2.25. The summed E-state index contributed by atoms with van der Waals surface area (Å²) >= 11 is 0. The van der Waals surface area contributed by atoms with Crippen LogP contribution in [0.25, 0.3) is 54.5 Å². The third-order valence-corrected chi connectivity index (χ3v) is 8.64. The van der Waals surface area contributed by atoms with Gasteiger partial charge in [0.05, 0.1) is 11.2 Å². The highest BCUT2D eigenvalue weighted by atomic mass is 14.7. The molecule has 1 aromatic heterocycles. The molecular formula is C36H27N. The van der Waals surface area contributed by atoms with E-state index in [0.29, 0.717) is 11.8 Å². The van der Waals surface area contributed by atoms with Crippen molar-refractivity contribution in [1.82, 2.24) is 4.98 Å². The van der Waals surface area contributed by atoms with E-state index in [1.54, 1.807) is 0 Å². The van der Waals surface area contributed by atoms with Crippen LogP contribution in [0.4, 0.5) is 0 Å². The fourth-order valence-corrected chi connectivity index (χ4v) is 7.32. The summed E-state index contributed by atoms with van der Waals surface area (Å²) < 4.78 is 0. The Kier molecular flexibility index (Phi) is 4.31. The SMILES string of the molecule is CC.c1ccc(-c2nc3cc4ccc5cccc6ccc(c3c3c2C2CC3c3ccccc32)c4c56)cc1. The van der Waals surface area contributed by atoms with Crippen molar-refractivity contribution in [3.8, 4) is 11.3 Å². The second-order valence-electron chi connectivity index (χ2n) is 10.3. The number of hydrogen-bond donors (Lipinski definition) is 0. The van der Waals surface area contributed by atoms with Crippen LogP contribution in [0, 0.1) is 0 Å². The molecule has 9 rings (SSSR count). The van der Waals surface area contributed by atoms with Gasteiger partial charge in [-0.15, -0.1) is 0 Å². The van der Waals surface area contributed by atoms with Crippen molar-refractivity contribution in [2.45, 2.75) is 32.1 Å². The van der Waals surface area contributed by atoms with Gasteiger partial charge in [0.2, 0.25) is 0 Å². The van der Waals surface area contributed by atoms with Crippen LogP contribution in [0.1, 0.15) is 54.4 Å². The lowest BCUT2D eigenvalue weighted by Crippen LogP contribution is -2.08. The zero-order valence-corrected chi connectivity index (χ0v) is 21.1. The summed E-state index contributed by atoms with van der Waals surface area (Å²) in [5, 5.41) is 9.42. The highest BCUT2D eigenvalue weighted by molar-refractivity contribution is 6.29. The Balaban J connectivity index is 0.00000105. The predicted octanol–water partition coefficient (Wildman–Crippen LogP) is 9.81. The first-order valence-corrected chi connectivity index (χ1v) is 13.5. The number of hydrogen-bond acceptors (Lipinski definition) is 1. The van der Waals surface area contributed by atoms with E-state index >= 15 is 0 Å². The smallest absolute Gasteiger partial charge is 0.0750 e. The molecule has 6 aromatic carbocycles. The van der Waals surface area contributed by atoms with Gasteiger partial charge in [-0.3, -0.25) is 0 Å². The van der Waals surface area contributed by atoms with E-state index in [1.807, 2.05) is 13.8 Å². The first kappa shape index (κ1) is 20.9. The molecule has 0 amide bonds. The van der Waals surface area contributed by atoms with Crippen molar-refractivity contribution in [2.24, 2.45) is 0 Å². The van der Waals surface area contributed by atoms with E-state index in [0.717, 1.165) is 11.9 Å². The Labute approximate surface area is 216 Å². The summed E-state index contributed by atoms with van der Waals surface area (Å²) in [6.45, 7) is 4.00. The molecule has 0 saturated carbocycles. The van der Waals surface area contributed by atoms with Gasteiger partial charge in [0.25, 0.3) is 0 Å². The zero-order valence-electron chi connectivity index (χ0n) is 21.1. The topological polar surface area (TPSA) is 12.9 Å². The molecule has 1 nitrogen and oxygen atoms in total. The molecule has 0 fully saturated rings. The summed E-state index contributed by atoms with van der Waals surface area (Å²) in [6.07, 6.45) is 1.16. The van der Waals surface area contributed by atoms with Crippen LogP contribution in [0.3, 0.4) is 0 Å². The summed E-state index contributed by atoms with van der Waals surface area (Å²) in [7, 11) is 0. The lowest BCUT2D eigenvalue weighted by molar-refractivity contribution is 0.797. The zero-order chi connectivity index (χ0) is 24.7. The number of nitrogens with zero attached hydrogens (tertiary/aromatic N) is 1. The van der Waals surface area contributed by atoms with E-state index in [-0.39, 0.29) is 0 Å². The van der Waals surface area contributed by atoms with Gasteiger partial charge in [-0.1, -0.05) is 111 Å². The number of pyridine rings is 1. The fourth-order valence-electron chi connectivity index (χ4n) is 7.32. The molecule has 37 heavy (non-hydrogen) atoms. The Morgan fingerprint density at radius 2 is 1.22 bits per heavy atom. The van der Waals surface area contributed by atoms with Crippen molar-refractivity contribution < 1.29 is 0 Å². The second-order valence-corrected chi connectivity index (χ2v) is 10.3. The molecule has 0 spiro atoms. The molecule has 1 heteroatoms. The van der Waals surface area contributed by atoms with Crippen molar-refractivity contribution in [3.63, 3.8) is 0 Å². The fraction of sp³-hybridized carbons (Fsp3) is 0.139. The molecule has 7 aromatic rings. The normalized spacial score (nSPS) is 17.4. The van der Waals surface area contributed by atoms with E-state index in [4.69, 9.17) is 4.98 Å². The largest absolute Gasteiger partial charge is 0.247 e. The maximum atomic E-state index is 5.43. The van der Waals surface area contributed by atoms with Crippen molar-refractivity contribution >= 4 is 43.2 Å². The van der Waals surface area contributed by atoms with Gasteiger partial charge in [0, 0.05) is 22.8 Å². The minimum absolute atomic E-state index is 0.428. The monoisotopic (exact) mass is 473 g/mol. The maximum Gasteiger partial charge on any atom is 0.0750 e. The van der Waals surface area contributed by atoms with Crippen LogP contribution in [0.5, 0.6) is 0 Å². The predicted molar refractivity (Wildman–Crippen MR) is 157 cm³/mol. The molecule has 0 N–H and O–H groups in total. The standard InChI is InChI=1S/C34H21N.C2H6/c1-2-7-21(8-3-1)34-33-27-18-26(23-11-4-5-12-24(23)27)32(33)31-25-16-15-20-10-6-9-19-13-14-22(17-28(31)35-34)30(25)29(19)20;1-2/h1-17,26-27H,18H2;1-2H3. The molecule has 0 aliphatic heterocycles. The third kappa shape index (κ3) is 2.67. The van der Waals surface area contributed by atoms with Gasteiger partial charge in [0.1, 0.15) is 0 Å². The van der Waals surface area contributed by atoms with Crippen LogP contribution in [-0.4, -0.2) is 4.98 Å². The second kappa shape index (κ2) is 7.63. The average Bonchev–Trinajstić information content (AvgIpc) is 3.55. The Hall–Kier alpha value is -4.23. The van der Waals surface area contributed by atoms with Gasteiger partial charge in [-0.2, -0.15) is 0 Å². The van der Waals surface area contributed by atoms with Crippen LogP contribution < -0.4 is 0 Å². The summed E-state index contributed by atoms with van der Waals surface area (Å²) in [5.74, 6) is 0.870. The first-order valence-electron chi connectivity index (χ1n) is 13.5. The molecule has 1 heterocycles. The summed E-state index contributed by atoms with van der Waals surface area (Å²) in [6, 6.07) is 38.1. The quantitative estimate of drug-likeness (QED) is 0.171. The van der Waals surface area contributed by atoms with Crippen molar-refractivity contribution in [2.75, 3.05) is 0 Å². The van der Waals surface area contributed by atoms with E-state index < -0.39 is 0 Å². The molecule has 2 atom stereocenters. The van der Waals surface area contributed by atoms with Crippen LogP contribution >= 0.6 is 0 Å². The minimum Gasteiger partial charge on any atom is -0.247 e. The number of fused-ring (bicyclic) bond motifs is 11. The number of benzene rings is 6. The third-order valence-electron chi connectivity index (χ3n) is 8.64. The van der Waals surface area contributed by atoms with Gasteiger partial charge >= 0.3 is 0 Å².